The van der Waals surface area contributed by atoms with Crippen LogP contribution in [-0.2, 0) is 9.59 Å². The van der Waals surface area contributed by atoms with Crippen LogP contribution in [0.1, 0.15) is 19.8 Å². The van der Waals surface area contributed by atoms with E-state index >= 15 is 0 Å². The van der Waals surface area contributed by atoms with Gasteiger partial charge >= 0.3 is 5.97 Å². The molecule has 0 aliphatic rings. The van der Waals surface area contributed by atoms with Gasteiger partial charge < -0.3 is 15.7 Å². The van der Waals surface area contributed by atoms with E-state index in [2.05, 4.69) is 10.6 Å². The van der Waals surface area contributed by atoms with Crippen molar-refractivity contribution in [1.29, 1.82) is 0 Å². The van der Waals surface area contributed by atoms with Crippen molar-refractivity contribution in [3.05, 3.63) is 0 Å². The van der Waals surface area contributed by atoms with Crippen molar-refractivity contribution >= 4 is 11.9 Å². The van der Waals surface area contributed by atoms with Gasteiger partial charge in [-0.25, -0.2) is 0 Å². The standard InChI is InChI=1S/C8H16N2O3/c1-6(8(12)13)10-7(11)4-3-5-9-2/h6,9H,3-5H2,1-2H3,(H,10,11)(H,12,13)/t6-/m1/s1. The normalized spacial score (nSPS) is 12.2. The molecule has 0 aliphatic carbocycles. The van der Waals surface area contributed by atoms with Gasteiger partial charge in [-0.1, -0.05) is 0 Å². The molecule has 13 heavy (non-hydrogen) atoms. The lowest BCUT2D eigenvalue weighted by Gasteiger charge is -2.08. The van der Waals surface area contributed by atoms with Gasteiger partial charge in [0.1, 0.15) is 6.04 Å². The zero-order chi connectivity index (χ0) is 10.3. The van der Waals surface area contributed by atoms with Crippen LogP contribution in [0.15, 0.2) is 0 Å². The molecule has 0 fully saturated rings. The van der Waals surface area contributed by atoms with Gasteiger partial charge in [-0.05, 0) is 26.9 Å². The van der Waals surface area contributed by atoms with Crippen molar-refractivity contribution in [3.63, 3.8) is 0 Å². The van der Waals surface area contributed by atoms with Gasteiger partial charge in [-0.2, -0.15) is 0 Å². The lowest BCUT2D eigenvalue weighted by molar-refractivity contribution is -0.141. The Morgan fingerprint density at radius 2 is 2.08 bits per heavy atom. The van der Waals surface area contributed by atoms with Gasteiger partial charge in [0.05, 0.1) is 0 Å². The SMILES string of the molecule is CNCCCC(=O)N[C@H](C)C(=O)O. The molecule has 5 heteroatoms. The van der Waals surface area contributed by atoms with E-state index in [0.717, 1.165) is 6.54 Å². The number of carbonyl (C=O) groups is 2. The fourth-order valence-corrected chi connectivity index (χ4v) is 0.801. The molecular formula is C8H16N2O3. The van der Waals surface area contributed by atoms with Gasteiger partial charge in [-0.15, -0.1) is 0 Å². The molecule has 0 rings (SSSR count). The molecule has 0 aliphatic heterocycles. The number of hydrogen-bond acceptors (Lipinski definition) is 3. The number of aliphatic carboxylic acids is 1. The zero-order valence-electron chi connectivity index (χ0n) is 7.96. The highest BCUT2D eigenvalue weighted by atomic mass is 16.4. The summed E-state index contributed by atoms with van der Waals surface area (Å²) in [5.74, 6) is -1.23. The van der Waals surface area contributed by atoms with E-state index in [1.807, 2.05) is 0 Å². The van der Waals surface area contributed by atoms with E-state index in [9.17, 15) is 9.59 Å². The van der Waals surface area contributed by atoms with Crippen LogP contribution in [0.3, 0.4) is 0 Å². The number of rotatable bonds is 6. The van der Waals surface area contributed by atoms with Crippen molar-refractivity contribution in [1.82, 2.24) is 10.6 Å². The van der Waals surface area contributed by atoms with Gasteiger partial charge in [0.25, 0.3) is 0 Å². The molecule has 0 saturated heterocycles. The lowest BCUT2D eigenvalue weighted by atomic mass is 10.2. The summed E-state index contributed by atoms with van der Waals surface area (Å²) in [5, 5.41) is 13.8. The zero-order valence-corrected chi connectivity index (χ0v) is 7.96. The van der Waals surface area contributed by atoms with Crippen molar-refractivity contribution in [2.24, 2.45) is 0 Å². The van der Waals surface area contributed by atoms with Crippen LogP contribution in [0.25, 0.3) is 0 Å². The Morgan fingerprint density at radius 3 is 2.54 bits per heavy atom. The molecule has 0 unspecified atom stereocenters. The Balaban J connectivity index is 3.56. The Kier molecular flexibility index (Phi) is 5.88. The Morgan fingerprint density at radius 1 is 1.46 bits per heavy atom. The maximum absolute atomic E-state index is 11.0. The van der Waals surface area contributed by atoms with Crippen LogP contribution in [0, 0.1) is 0 Å². The summed E-state index contributed by atoms with van der Waals surface area (Å²) in [4.78, 5) is 21.4. The molecule has 0 spiro atoms. The third-order valence-electron chi connectivity index (χ3n) is 1.58. The molecule has 0 saturated carbocycles. The summed E-state index contributed by atoms with van der Waals surface area (Å²) in [6.07, 6.45) is 1.08. The van der Waals surface area contributed by atoms with Crippen molar-refractivity contribution < 1.29 is 14.7 Å². The predicted octanol–water partition coefficient (Wildman–Crippen LogP) is -0.425. The number of carbonyl (C=O) groups excluding carboxylic acids is 1. The van der Waals surface area contributed by atoms with Crippen LogP contribution >= 0.6 is 0 Å². The van der Waals surface area contributed by atoms with E-state index in [0.29, 0.717) is 12.8 Å². The molecule has 3 N–H and O–H groups in total. The van der Waals surface area contributed by atoms with Crippen LogP contribution in [0.5, 0.6) is 0 Å². The number of carboxylic acid groups (broad SMARTS) is 1. The van der Waals surface area contributed by atoms with Crippen LogP contribution in [-0.4, -0.2) is 36.6 Å². The number of hydrogen-bond donors (Lipinski definition) is 3. The minimum Gasteiger partial charge on any atom is -0.480 e. The topological polar surface area (TPSA) is 78.4 Å². The average molecular weight is 188 g/mol. The fourth-order valence-electron chi connectivity index (χ4n) is 0.801. The molecule has 76 valence electrons. The number of amides is 1. The Labute approximate surface area is 77.5 Å². The molecule has 5 nitrogen and oxygen atoms in total. The molecule has 0 heterocycles. The first-order chi connectivity index (χ1) is 6.07. The highest BCUT2D eigenvalue weighted by Crippen LogP contribution is 1.89. The van der Waals surface area contributed by atoms with E-state index in [1.165, 1.54) is 6.92 Å². The second-order valence-corrected chi connectivity index (χ2v) is 2.83. The van der Waals surface area contributed by atoms with Crippen molar-refractivity contribution in [3.8, 4) is 0 Å². The number of carboxylic acids is 1. The molecule has 0 aromatic rings. The van der Waals surface area contributed by atoms with Crippen LogP contribution in [0.2, 0.25) is 0 Å². The second kappa shape index (κ2) is 6.42. The summed E-state index contributed by atoms with van der Waals surface area (Å²) in [6, 6.07) is -0.804. The molecule has 1 amide bonds. The van der Waals surface area contributed by atoms with Gasteiger partial charge in [0.15, 0.2) is 0 Å². The second-order valence-electron chi connectivity index (χ2n) is 2.83. The van der Waals surface area contributed by atoms with Crippen molar-refractivity contribution in [2.75, 3.05) is 13.6 Å². The van der Waals surface area contributed by atoms with Gasteiger partial charge in [0.2, 0.25) is 5.91 Å². The maximum Gasteiger partial charge on any atom is 0.325 e. The lowest BCUT2D eigenvalue weighted by Crippen LogP contribution is -2.38. The highest BCUT2D eigenvalue weighted by Gasteiger charge is 2.12. The molecule has 0 bridgehead atoms. The summed E-state index contributed by atoms with van der Waals surface area (Å²) in [6.45, 7) is 2.20. The maximum atomic E-state index is 11.0. The largest absolute Gasteiger partial charge is 0.480 e. The van der Waals surface area contributed by atoms with Crippen molar-refractivity contribution in [2.45, 2.75) is 25.8 Å². The van der Waals surface area contributed by atoms with Crippen LogP contribution < -0.4 is 10.6 Å². The first kappa shape index (κ1) is 11.9. The average Bonchev–Trinajstić information content (AvgIpc) is 2.04. The van der Waals surface area contributed by atoms with Crippen LogP contribution in [0.4, 0.5) is 0 Å². The minimum atomic E-state index is -1.01. The summed E-state index contributed by atoms with van der Waals surface area (Å²) < 4.78 is 0. The molecule has 0 radical (unpaired) electrons. The predicted molar refractivity (Wildman–Crippen MR) is 48.4 cm³/mol. The first-order valence-electron chi connectivity index (χ1n) is 4.24. The van der Waals surface area contributed by atoms with Gasteiger partial charge in [0, 0.05) is 6.42 Å². The third kappa shape index (κ3) is 6.10. The monoisotopic (exact) mass is 188 g/mol. The fraction of sp³-hybridized carbons (Fsp3) is 0.750. The summed E-state index contributed by atoms with van der Waals surface area (Å²) in [5.41, 5.74) is 0. The molecule has 0 aromatic heterocycles. The summed E-state index contributed by atoms with van der Waals surface area (Å²) >= 11 is 0. The van der Waals surface area contributed by atoms with E-state index in [-0.39, 0.29) is 5.91 Å². The first-order valence-corrected chi connectivity index (χ1v) is 4.24. The Hall–Kier alpha value is -1.10. The number of nitrogens with one attached hydrogen (secondary N) is 2. The van der Waals surface area contributed by atoms with E-state index < -0.39 is 12.0 Å². The minimum absolute atomic E-state index is 0.217. The smallest absolute Gasteiger partial charge is 0.325 e. The Bertz CT molecular complexity index is 182. The van der Waals surface area contributed by atoms with Gasteiger partial charge in [-0.3, -0.25) is 9.59 Å². The highest BCUT2D eigenvalue weighted by molar-refractivity contribution is 5.83. The molecular weight excluding hydrogens is 172 g/mol. The third-order valence-corrected chi connectivity index (χ3v) is 1.58. The summed E-state index contributed by atoms with van der Waals surface area (Å²) in [7, 11) is 1.80. The quantitative estimate of drug-likeness (QED) is 0.494. The molecule has 0 aromatic carbocycles. The van der Waals surface area contributed by atoms with E-state index in [4.69, 9.17) is 5.11 Å². The van der Waals surface area contributed by atoms with E-state index in [1.54, 1.807) is 7.05 Å². The molecule has 1 atom stereocenters.